The van der Waals surface area contributed by atoms with Crippen molar-refractivity contribution in [2.75, 3.05) is 6.54 Å². The zero-order chi connectivity index (χ0) is 25.2. The number of thioether (sulfide) groups is 1. The van der Waals surface area contributed by atoms with E-state index in [0.29, 0.717) is 27.8 Å². The standard InChI is InChI=1S/C26H25Cl2NO4S2/c1-17-7-10-20(11-8-17)35(32,33)29-15-21(26(30)31)25(34-16-18-5-3-2-4-6-18)14-24(29)19-9-12-22(27)23(28)13-19/h2-13,21,24-25H,14-16H2,1H3,(H,30,31)/t21-,24+,25-/m1/s1. The van der Waals surface area contributed by atoms with Crippen molar-refractivity contribution in [3.8, 4) is 0 Å². The van der Waals surface area contributed by atoms with E-state index < -0.39 is 28.0 Å². The van der Waals surface area contributed by atoms with Gasteiger partial charge in [-0.3, -0.25) is 4.79 Å². The molecule has 0 radical (unpaired) electrons. The number of nitrogens with zero attached hydrogens (tertiary/aromatic N) is 1. The lowest BCUT2D eigenvalue weighted by atomic mass is 9.90. The van der Waals surface area contributed by atoms with Crippen LogP contribution in [0.2, 0.25) is 10.0 Å². The van der Waals surface area contributed by atoms with E-state index in [4.69, 9.17) is 23.2 Å². The van der Waals surface area contributed by atoms with Crippen LogP contribution in [-0.2, 0) is 20.6 Å². The fraction of sp³-hybridized carbons (Fsp3) is 0.269. The number of rotatable bonds is 7. The van der Waals surface area contributed by atoms with Crippen LogP contribution in [0, 0.1) is 12.8 Å². The lowest BCUT2D eigenvalue weighted by molar-refractivity contribution is -0.143. The molecule has 184 valence electrons. The summed E-state index contributed by atoms with van der Waals surface area (Å²) in [6.07, 6.45) is 0.331. The number of halogens is 2. The average Bonchev–Trinajstić information content (AvgIpc) is 2.84. The minimum absolute atomic E-state index is 0.132. The average molecular weight is 551 g/mol. The molecule has 0 unspecified atom stereocenters. The molecule has 35 heavy (non-hydrogen) atoms. The second kappa shape index (κ2) is 10.9. The van der Waals surface area contributed by atoms with E-state index in [1.165, 1.54) is 4.31 Å². The molecule has 4 rings (SSSR count). The van der Waals surface area contributed by atoms with E-state index in [1.807, 2.05) is 37.3 Å². The maximum atomic E-state index is 13.8. The van der Waals surface area contributed by atoms with E-state index in [1.54, 1.807) is 54.2 Å². The lowest BCUT2D eigenvalue weighted by Gasteiger charge is -2.42. The first-order valence-electron chi connectivity index (χ1n) is 11.1. The molecule has 1 aliphatic rings. The first-order valence-corrected chi connectivity index (χ1v) is 14.3. The van der Waals surface area contributed by atoms with Gasteiger partial charge in [-0.15, -0.1) is 0 Å². The Morgan fingerprint density at radius 2 is 1.71 bits per heavy atom. The van der Waals surface area contributed by atoms with Crippen molar-refractivity contribution in [3.63, 3.8) is 0 Å². The molecule has 0 saturated carbocycles. The number of piperidine rings is 1. The van der Waals surface area contributed by atoms with E-state index in [-0.39, 0.29) is 16.7 Å². The largest absolute Gasteiger partial charge is 0.481 e. The lowest BCUT2D eigenvalue weighted by Crippen LogP contribution is -2.49. The summed E-state index contributed by atoms with van der Waals surface area (Å²) < 4.78 is 28.8. The van der Waals surface area contributed by atoms with Crippen LogP contribution >= 0.6 is 35.0 Å². The molecule has 1 heterocycles. The van der Waals surface area contributed by atoms with Crippen molar-refractivity contribution in [3.05, 3.63) is 99.5 Å². The molecule has 0 bridgehead atoms. The third-order valence-electron chi connectivity index (χ3n) is 6.21. The fourth-order valence-corrected chi connectivity index (χ4v) is 7.58. The van der Waals surface area contributed by atoms with Crippen molar-refractivity contribution < 1.29 is 18.3 Å². The Bertz CT molecular complexity index is 1300. The van der Waals surface area contributed by atoms with Crippen LogP contribution in [0.15, 0.2) is 77.7 Å². The van der Waals surface area contributed by atoms with Gasteiger partial charge in [0.1, 0.15) is 0 Å². The van der Waals surface area contributed by atoms with Crippen LogP contribution in [0.25, 0.3) is 0 Å². The number of benzene rings is 3. The highest BCUT2D eigenvalue weighted by molar-refractivity contribution is 7.99. The molecule has 0 aromatic heterocycles. The summed E-state index contributed by atoms with van der Waals surface area (Å²) in [5, 5.41) is 10.5. The van der Waals surface area contributed by atoms with Gasteiger partial charge in [-0.1, -0.05) is 77.3 Å². The maximum Gasteiger partial charge on any atom is 0.308 e. The minimum Gasteiger partial charge on any atom is -0.481 e. The van der Waals surface area contributed by atoms with Gasteiger partial charge in [0.05, 0.1) is 26.9 Å². The summed E-state index contributed by atoms with van der Waals surface area (Å²) in [4.78, 5) is 12.4. The number of hydrogen-bond donors (Lipinski definition) is 1. The molecule has 9 heteroatoms. The summed E-state index contributed by atoms with van der Waals surface area (Å²) in [5.41, 5.74) is 2.70. The molecular formula is C26H25Cl2NO4S2. The highest BCUT2D eigenvalue weighted by Crippen LogP contribution is 2.43. The number of aliphatic carboxylic acids is 1. The van der Waals surface area contributed by atoms with Crippen LogP contribution in [0.3, 0.4) is 0 Å². The molecule has 1 N–H and O–H groups in total. The number of hydrogen-bond acceptors (Lipinski definition) is 4. The van der Waals surface area contributed by atoms with Crippen LogP contribution in [0.4, 0.5) is 0 Å². The van der Waals surface area contributed by atoms with Gasteiger partial charge in [0, 0.05) is 17.5 Å². The Morgan fingerprint density at radius 3 is 2.34 bits per heavy atom. The second-order valence-corrected chi connectivity index (χ2v) is 12.5. The van der Waals surface area contributed by atoms with Gasteiger partial charge >= 0.3 is 5.97 Å². The van der Waals surface area contributed by atoms with Gasteiger partial charge in [-0.2, -0.15) is 16.1 Å². The Labute approximate surface area is 220 Å². The molecule has 1 fully saturated rings. The molecule has 0 amide bonds. The van der Waals surface area contributed by atoms with Crippen molar-refractivity contribution in [1.29, 1.82) is 0 Å². The van der Waals surface area contributed by atoms with Gasteiger partial charge in [0.25, 0.3) is 0 Å². The Morgan fingerprint density at radius 1 is 1.03 bits per heavy atom. The number of carboxylic acid groups (broad SMARTS) is 1. The molecular weight excluding hydrogens is 525 g/mol. The van der Waals surface area contributed by atoms with Gasteiger partial charge in [0.2, 0.25) is 10.0 Å². The second-order valence-electron chi connectivity index (χ2n) is 8.59. The van der Waals surface area contributed by atoms with Crippen molar-refractivity contribution in [1.82, 2.24) is 4.31 Å². The summed E-state index contributed by atoms with van der Waals surface area (Å²) in [6.45, 7) is 1.74. The Hall–Kier alpha value is -2.03. The van der Waals surface area contributed by atoms with Crippen molar-refractivity contribution >= 4 is 51.0 Å². The predicted octanol–water partition coefficient (Wildman–Crippen LogP) is 6.44. The molecule has 1 aliphatic heterocycles. The SMILES string of the molecule is Cc1ccc(S(=O)(=O)N2C[C@@H](C(=O)O)[C@H](SCc3ccccc3)C[C@H]2c2ccc(Cl)c(Cl)c2)cc1. The van der Waals surface area contributed by atoms with E-state index >= 15 is 0 Å². The molecule has 5 nitrogen and oxygen atoms in total. The van der Waals surface area contributed by atoms with Crippen LogP contribution in [0.5, 0.6) is 0 Å². The predicted molar refractivity (Wildman–Crippen MR) is 142 cm³/mol. The van der Waals surface area contributed by atoms with E-state index in [9.17, 15) is 18.3 Å². The summed E-state index contributed by atoms with van der Waals surface area (Å²) >= 11 is 14.0. The molecule has 3 aromatic rings. The molecule has 3 aromatic carbocycles. The normalized spacial score (nSPS) is 21.1. The molecule has 1 saturated heterocycles. The maximum absolute atomic E-state index is 13.8. The van der Waals surface area contributed by atoms with E-state index in [2.05, 4.69) is 0 Å². The first-order chi connectivity index (χ1) is 16.7. The minimum atomic E-state index is -3.97. The monoisotopic (exact) mass is 549 g/mol. The van der Waals surface area contributed by atoms with Crippen LogP contribution in [-0.4, -0.2) is 35.6 Å². The third kappa shape index (κ3) is 5.87. The number of carbonyl (C=O) groups is 1. The third-order valence-corrected chi connectivity index (χ3v) is 10.3. The van der Waals surface area contributed by atoms with Crippen LogP contribution < -0.4 is 0 Å². The summed E-state index contributed by atoms with van der Waals surface area (Å²) in [6, 6.07) is 20.9. The number of aryl methyl sites for hydroxylation is 1. The zero-order valence-electron chi connectivity index (χ0n) is 19.0. The fourth-order valence-electron chi connectivity index (χ4n) is 4.27. The van der Waals surface area contributed by atoms with Crippen molar-refractivity contribution in [2.24, 2.45) is 5.92 Å². The van der Waals surface area contributed by atoms with Gasteiger partial charge in [0.15, 0.2) is 0 Å². The topological polar surface area (TPSA) is 74.7 Å². The summed E-state index contributed by atoms with van der Waals surface area (Å²) in [7, 11) is -3.97. The highest BCUT2D eigenvalue weighted by Gasteiger charge is 2.45. The van der Waals surface area contributed by atoms with Gasteiger partial charge in [-0.05, 0) is 48.7 Å². The number of carboxylic acids is 1. The van der Waals surface area contributed by atoms with E-state index in [0.717, 1.165) is 11.1 Å². The van der Waals surface area contributed by atoms with Crippen LogP contribution in [0.1, 0.15) is 29.2 Å². The molecule has 0 spiro atoms. The quantitative estimate of drug-likeness (QED) is 0.367. The Balaban J connectivity index is 1.72. The van der Waals surface area contributed by atoms with Gasteiger partial charge < -0.3 is 5.11 Å². The van der Waals surface area contributed by atoms with Gasteiger partial charge in [-0.25, -0.2) is 8.42 Å². The van der Waals surface area contributed by atoms with Crippen molar-refractivity contribution in [2.45, 2.75) is 35.3 Å². The summed E-state index contributed by atoms with van der Waals surface area (Å²) in [5.74, 6) is -1.23. The smallest absolute Gasteiger partial charge is 0.308 e. The molecule has 3 atom stereocenters. The highest BCUT2D eigenvalue weighted by atomic mass is 35.5. The Kier molecular flexibility index (Phi) is 8.13. The number of sulfonamides is 1. The molecule has 0 aliphatic carbocycles. The zero-order valence-corrected chi connectivity index (χ0v) is 22.1. The first kappa shape index (κ1) is 26.0.